The Hall–Kier alpha value is -1.36. The van der Waals surface area contributed by atoms with Gasteiger partial charge in [-0.05, 0) is 22.4 Å². The summed E-state index contributed by atoms with van der Waals surface area (Å²) >= 11 is 1.47. The van der Waals surface area contributed by atoms with Gasteiger partial charge in [-0.3, -0.25) is 0 Å². The van der Waals surface area contributed by atoms with Gasteiger partial charge in [0, 0.05) is 0 Å². The molecule has 0 aliphatic heterocycles. The number of methoxy groups -OCH3 is 1. The smallest absolute Gasteiger partial charge is 0.407 e. The summed E-state index contributed by atoms with van der Waals surface area (Å²) < 4.78 is 4.38. The van der Waals surface area contributed by atoms with Gasteiger partial charge in [0.2, 0.25) is 0 Å². The molecule has 1 N–H and O–H groups in total. The van der Waals surface area contributed by atoms with Gasteiger partial charge in [-0.1, -0.05) is 0 Å². The summed E-state index contributed by atoms with van der Waals surface area (Å²) in [5.41, 5.74) is 0.769. The highest BCUT2D eigenvalue weighted by Gasteiger charge is 2.13. The summed E-state index contributed by atoms with van der Waals surface area (Å²) in [4.78, 5) is 21.4. The first-order valence-electron chi connectivity index (χ1n) is 3.59. The molecule has 0 aromatic carbocycles. The predicted molar refractivity (Wildman–Crippen MR) is 48.7 cm³/mol. The maximum Gasteiger partial charge on any atom is 0.407 e. The Balaban J connectivity index is 2.64. The van der Waals surface area contributed by atoms with Gasteiger partial charge >= 0.3 is 6.09 Å². The van der Waals surface area contributed by atoms with E-state index in [0.29, 0.717) is 6.29 Å². The molecule has 1 rings (SSSR count). The minimum absolute atomic E-state index is 0.608. The molecule has 13 heavy (non-hydrogen) atoms. The molecule has 1 aromatic heterocycles. The Kier molecular flexibility index (Phi) is 3.45. The fraction of sp³-hybridized carbons (Fsp3) is 0.250. The molecule has 0 bridgehead atoms. The molecule has 0 spiro atoms. The van der Waals surface area contributed by atoms with E-state index in [-0.39, 0.29) is 0 Å². The zero-order chi connectivity index (χ0) is 9.68. The van der Waals surface area contributed by atoms with Crippen LogP contribution in [-0.2, 0) is 9.53 Å². The average molecular weight is 199 g/mol. The van der Waals surface area contributed by atoms with Crippen LogP contribution in [0.1, 0.15) is 11.6 Å². The van der Waals surface area contributed by atoms with Gasteiger partial charge in [-0.15, -0.1) is 0 Å². The van der Waals surface area contributed by atoms with Crippen molar-refractivity contribution in [3.63, 3.8) is 0 Å². The summed E-state index contributed by atoms with van der Waals surface area (Å²) in [5, 5.41) is 6.03. The zero-order valence-electron chi connectivity index (χ0n) is 7.02. The quantitative estimate of drug-likeness (QED) is 0.747. The van der Waals surface area contributed by atoms with E-state index in [0.717, 1.165) is 5.56 Å². The van der Waals surface area contributed by atoms with E-state index >= 15 is 0 Å². The minimum atomic E-state index is -0.612. The number of aldehydes is 1. The largest absolute Gasteiger partial charge is 0.453 e. The van der Waals surface area contributed by atoms with Crippen LogP contribution in [0.15, 0.2) is 16.8 Å². The maximum atomic E-state index is 10.8. The number of thiophene rings is 1. The summed E-state index contributed by atoms with van der Waals surface area (Å²) in [7, 11) is 1.25. The Bertz CT molecular complexity index is 284. The van der Waals surface area contributed by atoms with Crippen LogP contribution in [0.5, 0.6) is 0 Å². The molecule has 5 heteroatoms. The first-order chi connectivity index (χ1) is 6.27. The van der Waals surface area contributed by atoms with Gasteiger partial charge < -0.3 is 14.8 Å². The Morgan fingerprint density at radius 3 is 3.00 bits per heavy atom. The number of alkyl carbamates (subject to hydrolysis) is 1. The second-order valence-electron chi connectivity index (χ2n) is 2.31. The van der Waals surface area contributed by atoms with Crippen molar-refractivity contribution in [3.05, 3.63) is 22.4 Å². The third-order valence-corrected chi connectivity index (χ3v) is 2.20. The van der Waals surface area contributed by atoms with Crippen molar-refractivity contribution in [1.29, 1.82) is 0 Å². The molecule has 0 fully saturated rings. The van der Waals surface area contributed by atoms with Crippen LogP contribution in [-0.4, -0.2) is 19.5 Å². The third kappa shape index (κ3) is 2.55. The zero-order valence-corrected chi connectivity index (χ0v) is 7.84. The number of carbonyl (C=O) groups excluding carboxylic acids is 2. The van der Waals surface area contributed by atoms with Crippen molar-refractivity contribution in [2.45, 2.75) is 6.04 Å². The van der Waals surface area contributed by atoms with E-state index in [1.165, 1.54) is 18.4 Å². The molecule has 1 aromatic rings. The maximum absolute atomic E-state index is 10.8. The van der Waals surface area contributed by atoms with Crippen LogP contribution >= 0.6 is 11.3 Å². The summed E-state index contributed by atoms with van der Waals surface area (Å²) in [6, 6.07) is 1.17. The van der Waals surface area contributed by atoms with Gasteiger partial charge in [-0.25, -0.2) is 4.79 Å². The minimum Gasteiger partial charge on any atom is -0.453 e. The lowest BCUT2D eigenvalue weighted by Gasteiger charge is -2.09. The van der Waals surface area contributed by atoms with Crippen molar-refractivity contribution >= 4 is 23.7 Å². The molecule has 1 atom stereocenters. The fourth-order valence-electron chi connectivity index (χ4n) is 0.834. The first-order valence-corrected chi connectivity index (χ1v) is 4.54. The lowest BCUT2D eigenvalue weighted by molar-refractivity contribution is -0.109. The van der Waals surface area contributed by atoms with Crippen LogP contribution in [0.2, 0.25) is 0 Å². The molecule has 0 aliphatic rings. The summed E-state index contributed by atoms with van der Waals surface area (Å²) in [5.74, 6) is 0. The van der Waals surface area contributed by atoms with Crippen LogP contribution in [0.4, 0.5) is 4.79 Å². The molecule has 1 amide bonds. The van der Waals surface area contributed by atoms with Crippen LogP contribution in [0, 0.1) is 0 Å². The van der Waals surface area contributed by atoms with E-state index in [2.05, 4.69) is 10.1 Å². The normalized spacial score (nSPS) is 11.8. The van der Waals surface area contributed by atoms with E-state index < -0.39 is 12.1 Å². The lowest BCUT2D eigenvalue weighted by Crippen LogP contribution is -2.28. The molecule has 70 valence electrons. The van der Waals surface area contributed by atoms with Crippen molar-refractivity contribution in [2.24, 2.45) is 0 Å². The Morgan fingerprint density at radius 1 is 1.77 bits per heavy atom. The van der Waals surface area contributed by atoms with Crippen molar-refractivity contribution in [1.82, 2.24) is 5.32 Å². The van der Waals surface area contributed by atoms with Crippen LogP contribution in [0.3, 0.4) is 0 Å². The molecule has 0 unspecified atom stereocenters. The number of amides is 1. The van der Waals surface area contributed by atoms with Crippen LogP contribution < -0.4 is 5.32 Å². The van der Waals surface area contributed by atoms with Crippen molar-refractivity contribution < 1.29 is 14.3 Å². The van der Waals surface area contributed by atoms with Gasteiger partial charge in [0.1, 0.15) is 12.3 Å². The number of carbonyl (C=O) groups is 2. The highest BCUT2D eigenvalue weighted by molar-refractivity contribution is 7.08. The topological polar surface area (TPSA) is 55.4 Å². The molecular weight excluding hydrogens is 190 g/mol. The number of ether oxygens (including phenoxy) is 1. The van der Waals surface area contributed by atoms with Gasteiger partial charge in [0.05, 0.1) is 7.11 Å². The molecule has 4 nitrogen and oxygen atoms in total. The van der Waals surface area contributed by atoms with Gasteiger partial charge in [0.25, 0.3) is 0 Å². The SMILES string of the molecule is COC(=O)N[C@@H](C=O)c1ccsc1. The van der Waals surface area contributed by atoms with E-state index in [4.69, 9.17) is 0 Å². The predicted octanol–water partition coefficient (Wildman–Crippen LogP) is 1.34. The second kappa shape index (κ2) is 4.61. The van der Waals surface area contributed by atoms with Gasteiger partial charge in [0.15, 0.2) is 0 Å². The van der Waals surface area contributed by atoms with E-state index in [1.54, 1.807) is 11.4 Å². The summed E-state index contributed by atoms with van der Waals surface area (Å²) in [6.07, 6.45) is 0.0576. The summed E-state index contributed by atoms with van der Waals surface area (Å²) in [6.45, 7) is 0. The highest BCUT2D eigenvalue weighted by atomic mass is 32.1. The molecular formula is C8H9NO3S. The highest BCUT2D eigenvalue weighted by Crippen LogP contribution is 2.14. The number of hydrogen-bond acceptors (Lipinski definition) is 4. The van der Waals surface area contributed by atoms with Crippen LogP contribution in [0.25, 0.3) is 0 Å². The molecule has 0 saturated heterocycles. The molecule has 0 radical (unpaired) electrons. The number of hydrogen-bond donors (Lipinski definition) is 1. The second-order valence-corrected chi connectivity index (χ2v) is 3.09. The number of nitrogens with one attached hydrogen (secondary N) is 1. The molecule has 1 heterocycles. The van der Waals surface area contributed by atoms with E-state index in [9.17, 15) is 9.59 Å². The standard InChI is InChI=1S/C8H9NO3S/c1-12-8(11)9-7(4-10)6-2-3-13-5-6/h2-5,7H,1H3,(H,9,11)/t7-/m0/s1. The molecule has 0 aliphatic carbocycles. The molecule has 0 saturated carbocycles. The number of rotatable bonds is 3. The Labute approximate surface area is 79.5 Å². The van der Waals surface area contributed by atoms with E-state index in [1.807, 2.05) is 5.38 Å². The fourth-order valence-corrected chi connectivity index (χ4v) is 1.53. The van der Waals surface area contributed by atoms with Crippen molar-refractivity contribution in [3.8, 4) is 0 Å². The third-order valence-electron chi connectivity index (χ3n) is 1.50. The Morgan fingerprint density at radius 2 is 2.54 bits per heavy atom. The van der Waals surface area contributed by atoms with Gasteiger partial charge in [-0.2, -0.15) is 11.3 Å². The first kappa shape index (κ1) is 9.73. The van der Waals surface area contributed by atoms with Crippen molar-refractivity contribution in [2.75, 3.05) is 7.11 Å². The average Bonchev–Trinajstić information content (AvgIpc) is 2.66. The monoisotopic (exact) mass is 199 g/mol. The lowest BCUT2D eigenvalue weighted by atomic mass is 10.2.